The van der Waals surface area contributed by atoms with Gasteiger partial charge in [-0.3, -0.25) is 4.79 Å². The molecule has 1 rings (SSSR count). The van der Waals surface area contributed by atoms with Gasteiger partial charge >= 0.3 is 0 Å². The second kappa shape index (κ2) is 7.46. The van der Waals surface area contributed by atoms with Gasteiger partial charge in [-0.1, -0.05) is 23.2 Å². The van der Waals surface area contributed by atoms with Gasteiger partial charge in [0.2, 0.25) is 5.91 Å². The molecule has 0 heterocycles. The normalized spacial score (nSPS) is 12.0. The molecule has 0 aliphatic rings. The number of anilines is 1. The molecule has 4 nitrogen and oxygen atoms in total. The Morgan fingerprint density at radius 2 is 2.17 bits per heavy atom. The zero-order chi connectivity index (χ0) is 13.5. The number of halogens is 2. The van der Waals surface area contributed by atoms with E-state index >= 15 is 0 Å². The first kappa shape index (κ1) is 15.1. The Kier molecular flexibility index (Phi) is 6.25. The fourth-order valence-electron chi connectivity index (χ4n) is 1.43. The highest BCUT2D eigenvalue weighted by atomic mass is 35.5. The molecule has 18 heavy (non-hydrogen) atoms. The molecule has 0 aromatic heterocycles. The summed E-state index contributed by atoms with van der Waals surface area (Å²) in [6.45, 7) is 2.48. The van der Waals surface area contributed by atoms with Gasteiger partial charge in [-0.25, -0.2) is 0 Å². The second-order valence-electron chi connectivity index (χ2n) is 3.90. The Bertz CT molecular complexity index is 413. The fourth-order valence-corrected chi connectivity index (χ4v) is 1.78. The average molecular weight is 291 g/mol. The highest BCUT2D eigenvalue weighted by molar-refractivity contribution is 6.35. The maximum Gasteiger partial charge on any atom is 0.239 e. The number of benzene rings is 1. The van der Waals surface area contributed by atoms with Crippen LogP contribution >= 0.6 is 23.2 Å². The van der Waals surface area contributed by atoms with Gasteiger partial charge in [0.05, 0.1) is 23.9 Å². The zero-order valence-corrected chi connectivity index (χ0v) is 11.8. The van der Waals surface area contributed by atoms with E-state index in [1.54, 1.807) is 25.3 Å². The molecule has 0 bridgehead atoms. The van der Waals surface area contributed by atoms with Gasteiger partial charge in [0.25, 0.3) is 0 Å². The summed E-state index contributed by atoms with van der Waals surface area (Å²) < 4.78 is 4.93. The Hall–Kier alpha value is -0.970. The molecule has 100 valence electrons. The molecule has 0 radical (unpaired) electrons. The molecule has 0 spiro atoms. The van der Waals surface area contributed by atoms with Crippen molar-refractivity contribution in [3.05, 3.63) is 28.2 Å². The smallest absolute Gasteiger partial charge is 0.239 e. The monoisotopic (exact) mass is 290 g/mol. The van der Waals surface area contributed by atoms with Crippen LogP contribution in [0.3, 0.4) is 0 Å². The minimum absolute atomic E-state index is 0.0286. The summed E-state index contributed by atoms with van der Waals surface area (Å²) in [6, 6.07) is 5.02. The average Bonchev–Trinajstić information content (AvgIpc) is 2.30. The van der Waals surface area contributed by atoms with E-state index < -0.39 is 0 Å². The van der Waals surface area contributed by atoms with E-state index in [0.29, 0.717) is 22.3 Å². The van der Waals surface area contributed by atoms with Crippen molar-refractivity contribution in [2.24, 2.45) is 0 Å². The zero-order valence-electron chi connectivity index (χ0n) is 10.3. The number of methoxy groups -OCH3 is 1. The molecule has 0 aliphatic heterocycles. The first-order valence-electron chi connectivity index (χ1n) is 5.50. The SMILES string of the molecule is COC[C@H](C)NC(=O)CNc1cc(Cl)ccc1Cl. The van der Waals surface area contributed by atoms with Gasteiger partial charge in [-0.2, -0.15) is 0 Å². The summed E-state index contributed by atoms with van der Waals surface area (Å²) >= 11 is 11.8. The molecule has 1 amide bonds. The van der Waals surface area contributed by atoms with Crippen LogP contribution in [0.25, 0.3) is 0 Å². The van der Waals surface area contributed by atoms with Crippen molar-refractivity contribution >= 4 is 34.8 Å². The molecule has 1 aromatic carbocycles. The number of carbonyl (C=O) groups is 1. The fraction of sp³-hybridized carbons (Fsp3) is 0.417. The van der Waals surface area contributed by atoms with E-state index in [2.05, 4.69) is 10.6 Å². The topological polar surface area (TPSA) is 50.4 Å². The van der Waals surface area contributed by atoms with Gasteiger partial charge in [0, 0.05) is 18.2 Å². The first-order chi connectivity index (χ1) is 8.52. The van der Waals surface area contributed by atoms with E-state index in [1.165, 1.54) is 0 Å². The first-order valence-corrected chi connectivity index (χ1v) is 6.25. The molecular weight excluding hydrogens is 275 g/mol. The van der Waals surface area contributed by atoms with E-state index in [0.717, 1.165) is 0 Å². The summed E-state index contributed by atoms with van der Waals surface area (Å²) in [5.74, 6) is -0.129. The van der Waals surface area contributed by atoms with Crippen LogP contribution in [0.15, 0.2) is 18.2 Å². The van der Waals surface area contributed by atoms with Gasteiger partial charge < -0.3 is 15.4 Å². The number of ether oxygens (including phenoxy) is 1. The summed E-state index contributed by atoms with van der Waals surface area (Å²) in [4.78, 5) is 11.6. The molecule has 2 N–H and O–H groups in total. The number of nitrogens with one attached hydrogen (secondary N) is 2. The molecular formula is C12H16Cl2N2O2. The van der Waals surface area contributed by atoms with Crippen LogP contribution in [0.5, 0.6) is 0 Å². The standard InChI is InChI=1S/C12H16Cl2N2O2/c1-8(7-18-2)16-12(17)6-15-11-5-9(13)3-4-10(11)14/h3-5,8,15H,6-7H2,1-2H3,(H,16,17)/t8-/m0/s1. The van der Waals surface area contributed by atoms with Crippen molar-refractivity contribution in [3.63, 3.8) is 0 Å². The van der Waals surface area contributed by atoms with Crippen molar-refractivity contribution in [1.82, 2.24) is 5.32 Å². The lowest BCUT2D eigenvalue weighted by molar-refractivity contribution is -0.120. The Labute approximate surface area is 117 Å². The lowest BCUT2D eigenvalue weighted by atomic mass is 10.3. The van der Waals surface area contributed by atoms with Crippen molar-refractivity contribution in [1.29, 1.82) is 0 Å². The maximum atomic E-state index is 11.6. The molecule has 0 saturated heterocycles. The van der Waals surface area contributed by atoms with E-state index in [9.17, 15) is 4.79 Å². The van der Waals surface area contributed by atoms with Crippen molar-refractivity contribution in [2.75, 3.05) is 25.6 Å². The van der Waals surface area contributed by atoms with Crippen LogP contribution in [0.1, 0.15) is 6.92 Å². The number of amides is 1. The van der Waals surface area contributed by atoms with Gasteiger partial charge in [-0.05, 0) is 25.1 Å². The Balaban J connectivity index is 2.45. The maximum absolute atomic E-state index is 11.6. The Morgan fingerprint density at radius 3 is 2.83 bits per heavy atom. The van der Waals surface area contributed by atoms with Gasteiger partial charge in [-0.15, -0.1) is 0 Å². The quantitative estimate of drug-likeness (QED) is 0.847. The predicted molar refractivity (Wildman–Crippen MR) is 74.4 cm³/mol. The Morgan fingerprint density at radius 1 is 1.44 bits per heavy atom. The van der Waals surface area contributed by atoms with E-state index in [-0.39, 0.29) is 18.5 Å². The van der Waals surface area contributed by atoms with Crippen molar-refractivity contribution in [2.45, 2.75) is 13.0 Å². The minimum Gasteiger partial charge on any atom is -0.383 e. The van der Waals surface area contributed by atoms with Crippen LogP contribution in [0, 0.1) is 0 Å². The van der Waals surface area contributed by atoms with Crippen molar-refractivity contribution in [3.8, 4) is 0 Å². The highest BCUT2D eigenvalue weighted by Gasteiger charge is 2.08. The van der Waals surface area contributed by atoms with Crippen LogP contribution in [0.2, 0.25) is 10.0 Å². The molecule has 0 saturated carbocycles. The van der Waals surface area contributed by atoms with Gasteiger partial charge in [0.1, 0.15) is 0 Å². The largest absolute Gasteiger partial charge is 0.383 e. The lowest BCUT2D eigenvalue weighted by Crippen LogP contribution is -2.39. The number of carbonyl (C=O) groups excluding carboxylic acids is 1. The summed E-state index contributed by atoms with van der Waals surface area (Å²) in [6.07, 6.45) is 0. The lowest BCUT2D eigenvalue weighted by Gasteiger charge is -2.14. The summed E-state index contributed by atoms with van der Waals surface area (Å²) in [7, 11) is 1.59. The summed E-state index contributed by atoms with van der Waals surface area (Å²) in [5.41, 5.74) is 0.638. The molecule has 0 aliphatic carbocycles. The number of hydrogen-bond donors (Lipinski definition) is 2. The molecule has 0 unspecified atom stereocenters. The molecule has 6 heteroatoms. The third-order valence-corrected chi connectivity index (χ3v) is 2.76. The molecule has 1 atom stereocenters. The van der Waals surface area contributed by atoms with E-state index in [1.807, 2.05) is 6.92 Å². The highest BCUT2D eigenvalue weighted by Crippen LogP contribution is 2.24. The minimum atomic E-state index is -0.129. The third kappa shape index (κ3) is 5.12. The van der Waals surface area contributed by atoms with Crippen molar-refractivity contribution < 1.29 is 9.53 Å². The van der Waals surface area contributed by atoms with Crippen LogP contribution in [-0.2, 0) is 9.53 Å². The second-order valence-corrected chi connectivity index (χ2v) is 4.75. The van der Waals surface area contributed by atoms with Crippen LogP contribution < -0.4 is 10.6 Å². The third-order valence-electron chi connectivity index (χ3n) is 2.19. The predicted octanol–water partition coefficient (Wildman–Crippen LogP) is 2.56. The van der Waals surface area contributed by atoms with E-state index in [4.69, 9.17) is 27.9 Å². The summed E-state index contributed by atoms with van der Waals surface area (Å²) in [5, 5.41) is 6.80. The van der Waals surface area contributed by atoms with Crippen LogP contribution in [0.4, 0.5) is 5.69 Å². The van der Waals surface area contributed by atoms with Crippen LogP contribution in [-0.4, -0.2) is 32.2 Å². The molecule has 0 fully saturated rings. The number of hydrogen-bond acceptors (Lipinski definition) is 3. The molecule has 1 aromatic rings. The number of rotatable bonds is 6. The van der Waals surface area contributed by atoms with Gasteiger partial charge in [0.15, 0.2) is 0 Å².